The number of nitrogens with zero attached hydrogens (tertiary/aromatic N) is 1. The number of carbonyl (C=O) groups excluding carboxylic acids is 1. The Bertz CT molecular complexity index is 613. The lowest BCUT2D eigenvalue weighted by molar-refractivity contribution is 0.0570. The molecule has 0 spiro atoms. The topological polar surface area (TPSA) is 80.5 Å². The number of nitrogens with two attached hydrogens (primary N) is 1. The van der Waals surface area contributed by atoms with E-state index in [-0.39, 0.29) is 22.4 Å². The summed E-state index contributed by atoms with van der Waals surface area (Å²) in [4.78, 5) is 14.3. The Balaban J connectivity index is 2.39. The summed E-state index contributed by atoms with van der Waals surface area (Å²) in [6, 6.07) is 6.24. The van der Waals surface area contributed by atoms with Crippen molar-refractivity contribution in [1.29, 1.82) is 0 Å². The molecule has 6 heteroatoms. The summed E-state index contributed by atoms with van der Waals surface area (Å²) in [5.74, 6) is 0.172. The molecule has 1 saturated heterocycles. The van der Waals surface area contributed by atoms with Gasteiger partial charge in [0.1, 0.15) is 0 Å². The van der Waals surface area contributed by atoms with E-state index in [1.54, 1.807) is 17.0 Å². The zero-order valence-corrected chi connectivity index (χ0v) is 12.6. The fourth-order valence-electron chi connectivity index (χ4n) is 2.62. The minimum Gasteiger partial charge on any atom is -0.336 e. The SMILES string of the molecule is CC1CCC(C)N(C(=O)c2ccccc2S(N)(=O)=O)C1. The van der Waals surface area contributed by atoms with Crippen molar-refractivity contribution < 1.29 is 13.2 Å². The van der Waals surface area contributed by atoms with Crippen molar-refractivity contribution in [1.82, 2.24) is 4.90 Å². The number of hydrogen-bond acceptors (Lipinski definition) is 3. The van der Waals surface area contributed by atoms with Crippen LogP contribution < -0.4 is 5.14 Å². The van der Waals surface area contributed by atoms with Gasteiger partial charge in [-0.25, -0.2) is 13.6 Å². The van der Waals surface area contributed by atoms with E-state index in [9.17, 15) is 13.2 Å². The Morgan fingerprint density at radius 2 is 1.90 bits per heavy atom. The molecule has 2 atom stereocenters. The summed E-state index contributed by atoms with van der Waals surface area (Å²) < 4.78 is 23.2. The molecule has 1 aromatic rings. The smallest absolute Gasteiger partial charge is 0.255 e. The molecule has 0 aromatic heterocycles. The lowest BCUT2D eigenvalue weighted by atomic mass is 9.94. The molecule has 1 fully saturated rings. The van der Waals surface area contributed by atoms with Gasteiger partial charge in [0.2, 0.25) is 10.0 Å². The number of carbonyl (C=O) groups is 1. The first-order valence-corrected chi connectivity index (χ1v) is 8.28. The van der Waals surface area contributed by atoms with Crippen LogP contribution in [0.1, 0.15) is 37.0 Å². The van der Waals surface area contributed by atoms with E-state index in [0.717, 1.165) is 12.8 Å². The van der Waals surface area contributed by atoms with Crippen LogP contribution in [0.25, 0.3) is 0 Å². The Labute approximate surface area is 119 Å². The maximum absolute atomic E-state index is 12.6. The first-order valence-electron chi connectivity index (χ1n) is 6.73. The van der Waals surface area contributed by atoms with Gasteiger partial charge in [-0.15, -0.1) is 0 Å². The molecular weight excluding hydrogens is 276 g/mol. The molecule has 1 aliphatic heterocycles. The van der Waals surface area contributed by atoms with Crippen LogP contribution in [0.2, 0.25) is 0 Å². The van der Waals surface area contributed by atoms with Crippen molar-refractivity contribution in [2.75, 3.05) is 6.54 Å². The van der Waals surface area contributed by atoms with Crippen LogP contribution in [0.3, 0.4) is 0 Å². The predicted molar refractivity (Wildman–Crippen MR) is 76.7 cm³/mol. The minimum absolute atomic E-state index is 0.101. The largest absolute Gasteiger partial charge is 0.336 e. The van der Waals surface area contributed by atoms with Crippen molar-refractivity contribution >= 4 is 15.9 Å². The predicted octanol–water partition coefficient (Wildman–Crippen LogP) is 1.59. The van der Waals surface area contributed by atoms with E-state index in [4.69, 9.17) is 5.14 Å². The van der Waals surface area contributed by atoms with Gasteiger partial charge in [0, 0.05) is 12.6 Å². The van der Waals surface area contributed by atoms with Gasteiger partial charge < -0.3 is 4.90 Å². The number of hydrogen-bond donors (Lipinski definition) is 1. The second kappa shape index (κ2) is 5.54. The normalized spacial score (nSPS) is 23.6. The number of piperidine rings is 1. The van der Waals surface area contributed by atoms with Crippen LogP contribution in [0.5, 0.6) is 0 Å². The first kappa shape index (κ1) is 15.0. The number of amides is 1. The molecule has 1 aromatic carbocycles. The van der Waals surface area contributed by atoms with Gasteiger partial charge in [-0.2, -0.15) is 0 Å². The molecule has 0 aliphatic carbocycles. The Kier molecular flexibility index (Phi) is 4.15. The van der Waals surface area contributed by atoms with Crippen molar-refractivity contribution in [3.05, 3.63) is 29.8 Å². The van der Waals surface area contributed by atoms with Crippen molar-refractivity contribution in [3.63, 3.8) is 0 Å². The minimum atomic E-state index is -3.90. The molecule has 20 heavy (non-hydrogen) atoms. The van der Waals surface area contributed by atoms with Gasteiger partial charge >= 0.3 is 0 Å². The molecular formula is C14H20N2O3S. The molecule has 2 N–H and O–H groups in total. The summed E-state index contributed by atoms with van der Waals surface area (Å²) >= 11 is 0. The fraction of sp³-hybridized carbons (Fsp3) is 0.500. The molecule has 5 nitrogen and oxygen atoms in total. The molecule has 0 saturated carbocycles. The summed E-state index contributed by atoms with van der Waals surface area (Å²) in [7, 11) is -3.90. The highest BCUT2D eigenvalue weighted by Gasteiger charge is 2.30. The summed E-state index contributed by atoms with van der Waals surface area (Å²) in [6.07, 6.45) is 2.02. The van der Waals surface area contributed by atoms with E-state index < -0.39 is 10.0 Å². The second-order valence-electron chi connectivity index (χ2n) is 5.53. The number of benzene rings is 1. The average Bonchev–Trinajstić information content (AvgIpc) is 2.40. The van der Waals surface area contributed by atoms with Crippen LogP contribution >= 0.6 is 0 Å². The molecule has 1 aliphatic rings. The van der Waals surface area contributed by atoms with Crippen molar-refractivity contribution in [2.24, 2.45) is 11.1 Å². The van der Waals surface area contributed by atoms with Crippen LogP contribution in [-0.2, 0) is 10.0 Å². The number of sulfonamides is 1. The zero-order chi connectivity index (χ0) is 14.9. The summed E-state index contributed by atoms with van der Waals surface area (Å²) in [6.45, 7) is 4.74. The lowest BCUT2D eigenvalue weighted by Crippen LogP contribution is -2.45. The third-order valence-corrected chi connectivity index (χ3v) is 4.77. The van der Waals surface area contributed by atoms with E-state index in [1.165, 1.54) is 12.1 Å². The second-order valence-corrected chi connectivity index (χ2v) is 7.06. The molecule has 1 amide bonds. The van der Waals surface area contributed by atoms with Crippen LogP contribution in [0.4, 0.5) is 0 Å². The maximum atomic E-state index is 12.6. The van der Waals surface area contributed by atoms with Gasteiger partial charge in [-0.3, -0.25) is 4.79 Å². The monoisotopic (exact) mass is 296 g/mol. The van der Waals surface area contributed by atoms with Gasteiger partial charge in [0.25, 0.3) is 5.91 Å². The van der Waals surface area contributed by atoms with Crippen LogP contribution in [-0.4, -0.2) is 31.8 Å². The highest BCUT2D eigenvalue weighted by atomic mass is 32.2. The van der Waals surface area contributed by atoms with Crippen LogP contribution in [0, 0.1) is 5.92 Å². The van der Waals surface area contributed by atoms with Gasteiger partial charge in [0.15, 0.2) is 0 Å². The molecule has 2 rings (SSSR count). The van der Waals surface area contributed by atoms with E-state index in [2.05, 4.69) is 6.92 Å². The molecule has 1 heterocycles. The van der Waals surface area contributed by atoms with Crippen molar-refractivity contribution in [3.8, 4) is 0 Å². The Morgan fingerprint density at radius 3 is 2.55 bits per heavy atom. The van der Waals surface area contributed by atoms with E-state index in [0.29, 0.717) is 12.5 Å². The number of primary sulfonamides is 1. The average molecular weight is 296 g/mol. The quantitative estimate of drug-likeness (QED) is 0.900. The van der Waals surface area contributed by atoms with Gasteiger partial charge in [-0.05, 0) is 37.8 Å². The maximum Gasteiger partial charge on any atom is 0.255 e. The van der Waals surface area contributed by atoms with E-state index >= 15 is 0 Å². The third-order valence-electron chi connectivity index (χ3n) is 3.80. The number of rotatable bonds is 2. The van der Waals surface area contributed by atoms with Gasteiger partial charge in [-0.1, -0.05) is 19.1 Å². The fourth-order valence-corrected chi connectivity index (χ4v) is 3.35. The van der Waals surface area contributed by atoms with Gasteiger partial charge in [0.05, 0.1) is 10.5 Å². The highest BCUT2D eigenvalue weighted by Crippen LogP contribution is 2.25. The molecule has 110 valence electrons. The number of likely N-dealkylation sites (tertiary alicyclic amines) is 1. The summed E-state index contributed by atoms with van der Waals surface area (Å²) in [5, 5.41) is 5.19. The van der Waals surface area contributed by atoms with Crippen LogP contribution in [0.15, 0.2) is 29.2 Å². The third kappa shape index (κ3) is 3.02. The first-order chi connectivity index (χ1) is 9.30. The molecule has 0 bridgehead atoms. The Hall–Kier alpha value is -1.40. The lowest BCUT2D eigenvalue weighted by Gasteiger charge is -2.37. The standard InChI is InChI=1S/C14H20N2O3S/c1-10-7-8-11(2)16(9-10)14(17)12-5-3-4-6-13(12)20(15,18)19/h3-6,10-11H,7-9H2,1-2H3,(H2,15,18,19). The Morgan fingerprint density at radius 1 is 1.25 bits per heavy atom. The highest BCUT2D eigenvalue weighted by molar-refractivity contribution is 7.89. The van der Waals surface area contributed by atoms with E-state index in [1.807, 2.05) is 6.92 Å². The summed E-state index contributed by atoms with van der Waals surface area (Å²) in [5.41, 5.74) is 0.163. The molecule has 0 radical (unpaired) electrons. The zero-order valence-electron chi connectivity index (χ0n) is 11.7. The van der Waals surface area contributed by atoms with Crippen molar-refractivity contribution in [2.45, 2.75) is 37.6 Å². The molecule has 2 unspecified atom stereocenters.